The maximum Gasteiger partial charge on any atom is 0.315 e. The fourth-order valence-corrected chi connectivity index (χ4v) is 3.39. The van der Waals surface area contributed by atoms with Crippen LogP contribution in [0.5, 0.6) is 0 Å². The normalized spacial score (nSPS) is 17.2. The Bertz CT molecular complexity index is 692. The van der Waals surface area contributed by atoms with Crippen LogP contribution in [0.4, 0.5) is 4.79 Å². The largest absolute Gasteiger partial charge is 0.354 e. The number of thiazole rings is 1. The smallest absolute Gasteiger partial charge is 0.315 e. The lowest BCUT2D eigenvalue weighted by atomic mass is 10.1. The predicted molar refractivity (Wildman–Crippen MR) is 93.8 cm³/mol. The van der Waals surface area contributed by atoms with E-state index in [4.69, 9.17) is 0 Å². The highest BCUT2D eigenvalue weighted by atomic mass is 32.1. The van der Waals surface area contributed by atoms with Crippen LogP contribution in [-0.4, -0.2) is 36.1 Å². The molecular weight excluding hydrogens is 324 g/mol. The van der Waals surface area contributed by atoms with Crippen molar-refractivity contribution in [3.8, 4) is 10.6 Å². The van der Waals surface area contributed by atoms with Crippen LogP contribution in [-0.2, 0) is 11.2 Å². The van der Waals surface area contributed by atoms with Gasteiger partial charge in [-0.3, -0.25) is 4.79 Å². The molecule has 3 N–H and O–H groups in total. The third kappa shape index (κ3) is 4.55. The highest BCUT2D eigenvalue weighted by Gasteiger charge is 2.19. The number of rotatable bonds is 5. The van der Waals surface area contributed by atoms with Gasteiger partial charge in [0, 0.05) is 42.9 Å². The Kier molecular flexibility index (Phi) is 5.43. The molecule has 1 atom stereocenters. The van der Waals surface area contributed by atoms with Gasteiger partial charge in [0.15, 0.2) is 0 Å². The van der Waals surface area contributed by atoms with Crippen LogP contribution < -0.4 is 16.0 Å². The van der Waals surface area contributed by atoms with Crippen molar-refractivity contribution in [2.24, 2.45) is 0 Å². The summed E-state index contributed by atoms with van der Waals surface area (Å²) in [5.74, 6) is 0.0474. The molecule has 2 aromatic rings. The highest BCUT2D eigenvalue weighted by molar-refractivity contribution is 7.13. The Morgan fingerprint density at radius 1 is 1.33 bits per heavy atom. The Balaban J connectivity index is 1.41. The third-order valence-electron chi connectivity index (χ3n) is 3.84. The van der Waals surface area contributed by atoms with Gasteiger partial charge >= 0.3 is 6.03 Å². The van der Waals surface area contributed by atoms with Crippen molar-refractivity contribution in [1.82, 2.24) is 20.9 Å². The number of hydrogen-bond donors (Lipinski definition) is 3. The van der Waals surface area contributed by atoms with Crippen LogP contribution in [0.25, 0.3) is 10.6 Å². The number of aromatic nitrogens is 1. The van der Waals surface area contributed by atoms with Crippen molar-refractivity contribution in [2.75, 3.05) is 13.1 Å². The summed E-state index contributed by atoms with van der Waals surface area (Å²) in [6.45, 7) is 1.03. The number of carbonyl (C=O) groups is 2. The molecule has 3 rings (SSSR count). The van der Waals surface area contributed by atoms with Crippen LogP contribution in [0, 0.1) is 0 Å². The second kappa shape index (κ2) is 7.92. The molecule has 0 spiro atoms. The predicted octanol–water partition coefficient (Wildman–Crippen LogP) is 1.93. The Morgan fingerprint density at radius 3 is 2.92 bits per heavy atom. The summed E-state index contributed by atoms with van der Waals surface area (Å²) in [5, 5.41) is 11.5. The minimum atomic E-state index is -0.199. The quantitative estimate of drug-likeness (QED) is 0.775. The molecule has 24 heavy (non-hydrogen) atoms. The average molecular weight is 344 g/mol. The molecular formula is C17H20N4O2S. The molecule has 0 saturated carbocycles. The lowest BCUT2D eigenvalue weighted by Crippen LogP contribution is -2.50. The molecule has 7 heteroatoms. The van der Waals surface area contributed by atoms with Crippen molar-refractivity contribution < 1.29 is 9.59 Å². The van der Waals surface area contributed by atoms with Crippen molar-refractivity contribution in [2.45, 2.75) is 25.3 Å². The number of amides is 3. The van der Waals surface area contributed by atoms with Crippen molar-refractivity contribution in [3.63, 3.8) is 0 Å². The Morgan fingerprint density at radius 2 is 2.17 bits per heavy atom. The molecule has 0 radical (unpaired) electrons. The van der Waals surface area contributed by atoms with E-state index in [1.54, 1.807) is 11.3 Å². The van der Waals surface area contributed by atoms with Crippen LogP contribution >= 0.6 is 11.3 Å². The van der Waals surface area contributed by atoms with Crippen LogP contribution in [0.1, 0.15) is 18.5 Å². The first-order chi connectivity index (χ1) is 11.7. The summed E-state index contributed by atoms with van der Waals surface area (Å²) in [5.41, 5.74) is 2.09. The van der Waals surface area contributed by atoms with E-state index >= 15 is 0 Å². The van der Waals surface area contributed by atoms with Crippen molar-refractivity contribution >= 4 is 23.3 Å². The molecule has 1 aliphatic rings. The number of carbonyl (C=O) groups excluding carboxylic acids is 2. The van der Waals surface area contributed by atoms with Gasteiger partial charge in [-0.1, -0.05) is 30.3 Å². The monoisotopic (exact) mass is 344 g/mol. The zero-order chi connectivity index (χ0) is 16.8. The molecule has 3 amide bonds. The van der Waals surface area contributed by atoms with E-state index in [9.17, 15) is 9.59 Å². The molecule has 6 nitrogen and oxygen atoms in total. The van der Waals surface area contributed by atoms with Gasteiger partial charge in [-0.05, 0) is 6.42 Å². The standard InChI is InChI=1S/C17H20N4O2S/c22-15-7-6-13(10-19-15)21-17(23)18-9-8-14-11-24-16(20-14)12-4-2-1-3-5-12/h1-5,11,13H,6-10H2,(H,19,22)(H2,18,21,23). The summed E-state index contributed by atoms with van der Waals surface area (Å²) < 4.78 is 0. The van der Waals surface area contributed by atoms with Crippen LogP contribution in [0.15, 0.2) is 35.7 Å². The lowest BCUT2D eigenvalue weighted by Gasteiger charge is -2.23. The number of piperidine rings is 1. The summed E-state index contributed by atoms with van der Waals surface area (Å²) in [6.07, 6.45) is 1.84. The fraction of sp³-hybridized carbons (Fsp3) is 0.353. The minimum Gasteiger partial charge on any atom is -0.354 e. The molecule has 1 fully saturated rings. The van der Waals surface area contributed by atoms with E-state index in [1.807, 2.05) is 35.7 Å². The average Bonchev–Trinajstić information content (AvgIpc) is 3.07. The lowest BCUT2D eigenvalue weighted by molar-refractivity contribution is -0.122. The van der Waals surface area contributed by atoms with Crippen LogP contribution in [0.2, 0.25) is 0 Å². The molecule has 0 bridgehead atoms. The molecule has 1 unspecified atom stereocenters. The molecule has 1 aromatic heterocycles. The molecule has 126 valence electrons. The first kappa shape index (κ1) is 16.4. The van der Waals surface area contributed by atoms with E-state index in [2.05, 4.69) is 20.9 Å². The van der Waals surface area contributed by atoms with Gasteiger partial charge in [0.1, 0.15) is 5.01 Å². The molecule has 1 aromatic carbocycles. The maximum absolute atomic E-state index is 11.9. The topological polar surface area (TPSA) is 83.1 Å². The molecule has 0 aliphatic carbocycles. The Labute approximate surface area is 144 Å². The van der Waals surface area contributed by atoms with Gasteiger partial charge in [0.05, 0.1) is 5.69 Å². The maximum atomic E-state index is 11.9. The van der Waals surface area contributed by atoms with E-state index in [-0.39, 0.29) is 18.0 Å². The third-order valence-corrected chi connectivity index (χ3v) is 4.78. The number of urea groups is 1. The van der Waals surface area contributed by atoms with Gasteiger partial charge in [-0.2, -0.15) is 0 Å². The van der Waals surface area contributed by atoms with E-state index < -0.39 is 0 Å². The summed E-state index contributed by atoms with van der Waals surface area (Å²) in [4.78, 5) is 27.5. The van der Waals surface area contributed by atoms with E-state index in [0.29, 0.717) is 32.4 Å². The molecule has 2 heterocycles. The zero-order valence-electron chi connectivity index (χ0n) is 13.2. The van der Waals surface area contributed by atoms with Crippen LogP contribution in [0.3, 0.4) is 0 Å². The zero-order valence-corrected chi connectivity index (χ0v) is 14.1. The van der Waals surface area contributed by atoms with Gasteiger partial charge in [-0.15, -0.1) is 11.3 Å². The fourth-order valence-electron chi connectivity index (χ4n) is 2.53. The van der Waals surface area contributed by atoms with Gasteiger partial charge in [-0.25, -0.2) is 9.78 Å². The summed E-state index contributed by atoms with van der Waals surface area (Å²) in [6, 6.07) is 9.86. The number of hydrogen-bond acceptors (Lipinski definition) is 4. The van der Waals surface area contributed by atoms with Crippen molar-refractivity contribution in [3.05, 3.63) is 41.4 Å². The van der Waals surface area contributed by atoms with Gasteiger partial charge in [0.25, 0.3) is 0 Å². The van der Waals surface area contributed by atoms with Gasteiger partial charge < -0.3 is 16.0 Å². The highest BCUT2D eigenvalue weighted by Crippen LogP contribution is 2.23. The van der Waals surface area contributed by atoms with Gasteiger partial charge in [0.2, 0.25) is 5.91 Å². The van der Waals surface area contributed by atoms with Crippen molar-refractivity contribution in [1.29, 1.82) is 0 Å². The van der Waals surface area contributed by atoms with E-state index in [1.165, 1.54) is 0 Å². The first-order valence-corrected chi connectivity index (χ1v) is 8.89. The number of benzene rings is 1. The second-order valence-electron chi connectivity index (χ2n) is 5.70. The molecule has 1 saturated heterocycles. The minimum absolute atomic E-state index is 0.00616. The van der Waals surface area contributed by atoms with E-state index in [0.717, 1.165) is 16.3 Å². The summed E-state index contributed by atoms with van der Waals surface area (Å²) in [7, 11) is 0. The molecule has 1 aliphatic heterocycles. The first-order valence-electron chi connectivity index (χ1n) is 8.01. The summed E-state index contributed by atoms with van der Waals surface area (Å²) >= 11 is 1.61. The SMILES string of the molecule is O=C1CCC(NC(=O)NCCc2csc(-c3ccccc3)n2)CN1. The second-order valence-corrected chi connectivity index (χ2v) is 6.56. The number of nitrogens with one attached hydrogen (secondary N) is 3. The Hall–Kier alpha value is -2.41. The number of nitrogens with zero attached hydrogens (tertiary/aromatic N) is 1.